The minimum atomic E-state index is -3.85. The van der Waals surface area contributed by atoms with Gasteiger partial charge in [0.25, 0.3) is 10.0 Å². The molecule has 0 bridgehead atoms. The van der Waals surface area contributed by atoms with E-state index >= 15 is 0 Å². The number of hydrogen-bond donors (Lipinski definition) is 1. The summed E-state index contributed by atoms with van der Waals surface area (Å²) in [7, 11) is -3.85. The number of amides is 1. The lowest BCUT2D eigenvalue weighted by atomic mass is 10.0. The van der Waals surface area contributed by atoms with Gasteiger partial charge in [-0.1, -0.05) is 60.5 Å². The summed E-state index contributed by atoms with van der Waals surface area (Å²) >= 11 is 10.3. The van der Waals surface area contributed by atoms with Crippen LogP contribution in [0.25, 0.3) is 20.8 Å². The number of hydrogen-bond acceptors (Lipinski definition) is 8. The van der Waals surface area contributed by atoms with Crippen molar-refractivity contribution >= 4 is 76.8 Å². The van der Waals surface area contributed by atoms with Gasteiger partial charge in [0.1, 0.15) is 20.3 Å². The van der Waals surface area contributed by atoms with Gasteiger partial charge in [0.15, 0.2) is 0 Å². The predicted molar refractivity (Wildman–Crippen MR) is 177 cm³/mol. The van der Waals surface area contributed by atoms with E-state index in [9.17, 15) is 13.2 Å². The van der Waals surface area contributed by atoms with Crippen LogP contribution in [0, 0.1) is 0 Å². The Balaban J connectivity index is 1.22. The standard InChI is InChI=1S/C31H29ClN4O3S4/c32-26-13-14-27(42-26)43(38,39)36-16-7-6-11-23(36)29(37)34-31-28(30-33-22-10-4-5-12-24(22)40-30)21-15-17-35(19-25(21)41-31)18-20-8-2-1-3-9-20/h1-5,8-10,12-14,23H,6-7,11,15-19H2,(H,34,37). The molecule has 1 unspecified atom stereocenters. The molecule has 1 saturated heterocycles. The molecular formula is C31H29ClN4O3S4. The minimum Gasteiger partial charge on any atom is -0.316 e. The van der Waals surface area contributed by atoms with Crippen LogP contribution in [0.15, 0.2) is 70.9 Å². The number of thiophene rings is 2. The highest BCUT2D eigenvalue weighted by Crippen LogP contribution is 2.46. The van der Waals surface area contributed by atoms with Gasteiger partial charge >= 0.3 is 0 Å². The summed E-state index contributed by atoms with van der Waals surface area (Å²) in [5.74, 6) is -0.298. The Morgan fingerprint density at radius 3 is 2.58 bits per heavy atom. The molecule has 5 aromatic rings. The van der Waals surface area contributed by atoms with Crippen molar-refractivity contribution in [3.63, 3.8) is 0 Å². The van der Waals surface area contributed by atoms with Gasteiger partial charge < -0.3 is 5.32 Å². The summed E-state index contributed by atoms with van der Waals surface area (Å²) in [5.41, 5.74) is 4.41. The molecule has 5 heterocycles. The number of benzene rings is 2. The predicted octanol–water partition coefficient (Wildman–Crippen LogP) is 7.48. The number of fused-ring (bicyclic) bond motifs is 2. The Bertz CT molecular complexity index is 1870. The maximum atomic E-state index is 14.0. The summed E-state index contributed by atoms with van der Waals surface area (Å²) in [6, 6.07) is 20.8. The van der Waals surface area contributed by atoms with Crippen molar-refractivity contribution in [3.8, 4) is 10.6 Å². The fourth-order valence-corrected chi connectivity index (χ4v) is 11.6. The van der Waals surface area contributed by atoms with Gasteiger partial charge in [0, 0.05) is 36.6 Å². The van der Waals surface area contributed by atoms with Crippen molar-refractivity contribution in [2.24, 2.45) is 0 Å². The lowest BCUT2D eigenvalue weighted by molar-refractivity contribution is -0.120. The highest BCUT2D eigenvalue weighted by molar-refractivity contribution is 7.91. The second kappa shape index (κ2) is 12.0. The summed E-state index contributed by atoms with van der Waals surface area (Å²) in [6.07, 6.45) is 2.82. The zero-order valence-electron chi connectivity index (χ0n) is 23.2. The number of carbonyl (C=O) groups excluding carboxylic acids is 1. The molecule has 2 aliphatic heterocycles. The van der Waals surface area contributed by atoms with Crippen LogP contribution in [0.3, 0.4) is 0 Å². The average molecular weight is 669 g/mol. The fraction of sp³-hybridized carbons (Fsp3) is 0.290. The molecule has 7 nitrogen and oxygen atoms in total. The monoisotopic (exact) mass is 668 g/mol. The lowest BCUT2D eigenvalue weighted by Gasteiger charge is -2.33. The van der Waals surface area contributed by atoms with E-state index < -0.39 is 16.1 Å². The highest BCUT2D eigenvalue weighted by Gasteiger charge is 2.39. The zero-order chi connectivity index (χ0) is 29.6. The summed E-state index contributed by atoms with van der Waals surface area (Å²) < 4.78 is 30.2. The lowest BCUT2D eigenvalue weighted by Crippen LogP contribution is -2.49. The Kier molecular flexibility index (Phi) is 8.15. The zero-order valence-corrected chi connectivity index (χ0v) is 27.2. The van der Waals surface area contributed by atoms with Crippen LogP contribution in [0.2, 0.25) is 4.34 Å². The second-order valence-electron chi connectivity index (χ2n) is 10.8. The first-order valence-corrected chi connectivity index (χ1v) is 18.5. The number of para-hydroxylation sites is 1. The maximum Gasteiger partial charge on any atom is 0.253 e. The van der Waals surface area contributed by atoms with Gasteiger partial charge in [-0.2, -0.15) is 4.31 Å². The third-order valence-electron chi connectivity index (χ3n) is 8.00. The van der Waals surface area contributed by atoms with Crippen LogP contribution in [-0.4, -0.2) is 47.6 Å². The topological polar surface area (TPSA) is 82.6 Å². The number of piperidine rings is 1. The molecule has 43 heavy (non-hydrogen) atoms. The van der Waals surface area contributed by atoms with E-state index in [2.05, 4.69) is 40.5 Å². The van der Waals surface area contributed by atoms with Gasteiger partial charge in [0.05, 0.1) is 14.6 Å². The van der Waals surface area contributed by atoms with Crippen LogP contribution in [0.4, 0.5) is 5.00 Å². The molecule has 1 fully saturated rings. The maximum absolute atomic E-state index is 14.0. The van der Waals surface area contributed by atoms with Crippen molar-refractivity contribution in [1.82, 2.24) is 14.2 Å². The normalized spacial score (nSPS) is 18.1. The largest absolute Gasteiger partial charge is 0.316 e. The molecule has 0 radical (unpaired) electrons. The van der Waals surface area contributed by atoms with Gasteiger partial charge in [-0.3, -0.25) is 9.69 Å². The average Bonchev–Trinajstić information content (AvgIpc) is 3.74. The Labute approximate surface area is 267 Å². The van der Waals surface area contributed by atoms with Gasteiger partial charge in [0.2, 0.25) is 5.91 Å². The van der Waals surface area contributed by atoms with Crippen LogP contribution >= 0.6 is 45.6 Å². The second-order valence-corrected chi connectivity index (χ2v) is 16.8. The quantitative estimate of drug-likeness (QED) is 0.194. The van der Waals surface area contributed by atoms with E-state index in [0.717, 1.165) is 69.6 Å². The van der Waals surface area contributed by atoms with E-state index in [-0.39, 0.29) is 10.1 Å². The number of halogens is 1. The number of anilines is 1. The number of sulfonamides is 1. The van der Waals surface area contributed by atoms with Gasteiger partial charge in [-0.15, -0.1) is 34.0 Å². The number of aromatic nitrogens is 1. The van der Waals surface area contributed by atoms with E-state index in [4.69, 9.17) is 16.6 Å². The molecule has 12 heteroatoms. The summed E-state index contributed by atoms with van der Waals surface area (Å²) in [4.78, 5) is 22.6. The number of nitrogens with one attached hydrogen (secondary N) is 1. The third kappa shape index (κ3) is 5.80. The summed E-state index contributed by atoms with van der Waals surface area (Å²) in [5, 5.41) is 4.83. The number of thiazole rings is 1. The van der Waals surface area contributed by atoms with Crippen LogP contribution in [0.5, 0.6) is 0 Å². The molecule has 0 saturated carbocycles. The Morgan fingerprint density at radius 1 is 0.977 bits per heavy atom. The third-order valence-corrected chi connectivity index (χ3v) is 13.8. The molecule has 1 amide bonds. The first kappa shape index (κ1) is 29.1. The molecule has 222 valence electrons. The van der Waals surface area contributed by atoms with Crippen molar-refractivity contribution in [2.45, 2.75) is 49.0 Å². The first-order chi connectivity index (χ1) is 20.9. The molecule has 3 aromatic heterocycles. The van der Waals surface area contributed by atoms with Crippen molar-refractivity contribution in [1.29, 1.82) is 0 Å². The van der Waals surface area contributed by atoms with Crippen molar-refractivity contribution in [3.05, 3.63) is 87.1 Å². The molecule has 1 atom stereocenters. The minimum absolute atomic E-state index is 0.164. The molecule has 2 aliphatic rings. The van der Waals surface area contributed by atoms with Crippen LogP contribution in [0.1, 0.15) is 35.3 Å². The molecule has 2 aromatic carbocycles. The Morgan fingerprint density at radius 2 is 1.79 bits per heavy atom. The van der Waals surface area contributed by atoms with Gasteiger partial charge in [-0.05, 0) is 54.7 Å². The Hall–Kier alpha value is -2.64. The molecule has 0 aliphatic carbocycles. The van der Waals surface area contributed by atoms with Gasteiger partial charge in [-0.25, -0.2) is 13.4 Å². The molecule has 7 rings (SSSR count). The van der Waals surface area contributed by atoms with E-state index in [1.165, 1.54) is 26.4 Å². The smallest absolute Gasteiger partial charge is 0.253 e. The van der Waals surface area contributed by atoms with Crippen molar-refractivity contribution in [2.75, 3.05) is 18.4 Å². The SMILES string of the molecule is O=C(Nc1sc2c(c1-c1nc3ccccc3s1)CCN(Cc1ccccc1)C2)C1CCCCN1S(=O)(=O)c1ccc(Cl)s1. The summed E-state index contributed by atoms with van der Waals surface area (Å²) in [6.45, 7) is 2.85. The number of nitrogens with zero attached hydrogens (tertiary/aromatic N) is 3. The molecular weight excluding hydrogens is 640 g/mol. The first-order valence-electron chi connectivity index (χ1n) is 14.2. The van der Waals surface area contributed by atoms with Crippen LogP contribution < -0.4 is 5.32 Å². The van der Waals surface area contributed by atoms with Crippen molar-refractivity contribution < 1.29 is 13.2 Å². The molecule has 1 N–H and O–H groups in total. The fourth-order valence-electron chi connectivity index (χ4n) is 5.93. The van der Waals surface area contributed by atoms with E-state index in [0.29, 0.717) is 23.7 Å². The van der Waals surface area contributed by atoms with Crippen LogP contribution in [-0.2, 0) is 34.3 Å². The number of rotatable bonds is 7. The van der Waals surface area contributed by atoms with E-state index in [1.807, 2.05) is 24.3 Å². The molecule has 0 spiro atoms. The highest BCUT2D eigenvalue weighted by atomic mass is 35.5. The number of carbonyl (C=O) groups is 1. The van der Waals surface area contributed by atoms with E-state index in [1.54, 1.807) is 28.7 Å².